The normalized spacial score (nSPS) is 12.9. The zero-order valence-corrected chi connectivity index (χ0v) is 23.1. The molecule has 0 fully saturated rings. The van der Waals surface area contributed by atoms with Crippen LogP contribution in [0, 0.1) is 0 Å². The number of ether oxygens (including phenoxy) is 2. The fraction of sp³-hybridized carbons (Fsp3) is 0.147. The van der Waals surface area contributed by atoms with Crippen LogP contribution in [0.15, 0.2) is 128 Å². The third-order valence-corrected chi connectivity index (χ3v) is 6.82. The molecule has 0 aliphatic carbocycles. The summed E-state index contributed by atoms with van der Waals surface area (Å²) in [5, 5.41) is 18.4. The lowest BCUT2D eigenvalue weighted by Gasteiger charge is -2.33. The molecular formula is C34H32N4O4. The molecule has 0 unspecified atom stereocenters. The van der Waals surface area contributed by atoms with E-state index in [0.717, 1.165) is 11.1 Å². The van der Waals surface area contributed by atoms with Gasteiger partial charge in [-0.2, -0.15) is 0 Å². The minimum Gasteiger partial charge on any atom is -0.497 e. The van der Waals surface area contributed by atoms with Crippen molar-refractivity contribution in [1.82, 2.24) is 9.97 Å². The minimum atomic E-state index is -0.928. The number of benzene rings is 3. The summed E-state index contributed by atoms with van der Waals surface area (Å²) in [4.78, 5) is 22.2. The lowest BCUT2D eigenvalue weighted by Crippen LogP contribution is -2.28. The zero-order valence-electron chi connectivity index (χ0n) is 23.1. The highest BCUT2D eigenvalue weighted by Crippen LogP contribution is 2.43. The number of nitrogens with one attached hydrogen (secondary N) is 2. The quantitative estimate of drug-likeness (QED) is 0.168. The molecule has 2 heterocycles. The minimum absolute atomic E-state index is 0.198. The molecule has 0 saturated carbocycles. The number of methoxy groups -OCH3 is 1. The second kappa shape index (κ2) is 13.9. The van der Waals surface area contributed by atoms with Crippen LogP contribution in [0.3, 0.4) is 0 Å². The number of para-hydroxylation sites is 1. The second-order valence-corrected chi connectivity index (χ2v) is 9.58. The van der Waals surface area contributed by atoms with Crippen molar-refractivity contribution >= 4 is 17.4 Å². The summed E-state index contributed by atoms with van der Waals surface area (Å²) < 4.78 is 11.0. The molecule has 5 aromatic rings. The number of hydrogen-bond acceptors (Lipinski definition) is 7. The van der Waals surface area contributed by atoms with Gasteiger partial charge in [-0.1, -0.05) is 66.7 Å². The summed E-state index contributed by atoms with van der Waals surface area (Å²) in [5.74, 6) is 0.889. The second-order valence-electron chi connectivity index (χ2n) is 9.58. The molecule has 3 N–H and O–H groups in total. The van der Waals surface area contributed by atoms with Crippen LogP contribution in [0.1, 0.15) is 34.9 Å². The molecule has 0 aliphatic rings. The average molecular weight is 561 g/mol. The summed E-state index contributed by atoms with van der Waals surface area (Å²) in [7, 11) is 1.57. The van der Waals surface area contributed by atoms with Gasteiger partial charge in [0.25, 0.3) is 5.91 Å². The molecule has 0 radical (unpaired) electrons. The molecule has 5 rings (SSSR count). The van der Waals surface area contributed by atoms with Crippen molar-refractivity contribution in [3.63, 3.8) is 0 Å². The van der Waals surface area contributed by atoms with E-state index in [1.165, 1.54) is 0 Å². The van der Waals surface area contributed by atoms with Crippen molar-refractivity contribution in [3.8, 4) is 11.5 Å². The molecule has 8 heteroatoms. The lowest BCUT2D eigenvalue weighted by atomic mass is 9.82. The molecule has 212 valence electrons. The first-order chi connectivity index (χ1) is 20.6. The van der Waals surface area contributed by atoms with Crippen molar-refractivity contribution in [3.05, 3.63) is 144 Å². The van der Waals surface area contributed by atoms with Crippen molar-refractivity contribution in [2.45, 2.75) is 18.1 Å². The fourth-order valence-electron chi connectivity index (χ4n) is 4.82. The molecule has 1 amide bonds. The molecule has 42 heavy (non-hydrogen) atoms. The third kappa shape index (κ3) is 7.10. The molecule has 0 aliphatic heterocycles. The van der Waals surface area contributed by atoms with Crippen LogP contribution in [0.4, 0.5) is 11.5 Å². The van der Waals surface area contributed by atoms with Gasteiger partial charge in [-0.05, 0) is 53.6 Å². The number of carbonyl (C=O) groups excluding carboxylic acids is 1. The van der Waals surface area contributed by atoms with E-state index in [0.29, 0.717) is 28.7 Å². The Bertz CT molecular complexity index is 1570. The molecule has 2 aromatic heterocycles. The number of carbonyl (C=O) groups is 1. The van der Waals surface area contributed by atoms with Crippen molar-refractivity contribution in [2.75, 3.05) is 24.4 Å². The predicted molar refractivity (Wildman–Crippen MR) is 163 cm³/mol. The SMILES string of the molecule is COc1cccc(OCC(=O)Nc2ccccc2[C@@H](Nc2ccccn2)[C@H](c2ccccn2)[C@H](O)c2ccccc2)c1. The largest absolute Gasteiger partial charge is 0.497 e. The maximum absolute atomic E-state index is 13.1. The third-order valence-electron chi connectivity index (χ3n) is 6.82. The van der Waals surface area contributed by atoms with Gasteiger partial charge in [0, 0.05) is 29.8 Å². The monoisotopic (exact) mass is 560 g/mol. The van der Waals surface area contributed by atoms with E-state index in [-0.39, 0.29) is 12.5 Å². The van der Waals surface area contributed by atoms with Crippen LogP contribution in [0.5, 0.6) is 11.5 Å². The van der Waals surface area contributed by atoms with Crippen molar-refractivity contribution < 1.29 is 19.4 Å². The summed E-state index contributed by atoms with van der Waals surface area (Å²) in [6, 6.07) is 34.7. The van der Waals surface area contributed by atoms with Crippen LogP contribution < -0.4 is 20.1 Å². The Kier molecular flexibility index (Phi) is 9.39. The summed E-state index contributed by atoms with van der Waals surface area (Å²) in [6.45, 7) is -0.198. The smallest absolute Gasteiger partial charge is 0.262 e. The Morgan fingerprint density at radius 1 is 0.810 bits per heavy atom. The van der Waals surface area contributed by atoms with E-state index >= 15 is 0 Å². The van der Waals surface area contributed by atoms with Crippen LogP contribution >= 0.6 is 0 Å². The number of amides is 1. The standard InChI is InChI=1S/C34H32N4O4/c1-41-25-14-11-15-26(22-25)42-23-31(39)37-28-17-6-5-16-27(28)33(38-30-19-8-10-21-36-30)32(29-18-7-9-20-35-29)34(40)24-12-3-2-4-13-24/h2-22,32-34,40H,23H2,1H3,(H,36,38)(H,37,39)/t32-,33+,34+/m0/s1. The van der Waals surface area contributed by atoms with Gasteiger partial charge < -0.3 is 25.2 Å². The summed E-state index contributed by atoms with van der Waals surface area (Å²) in [6.07, 6.45) is 2.48. The van der Waals surface area contributed by atoms with Gasteiger partial charge in [0.05, 0.1) is 25.2 Å². The van der Waals surface area contributed by atoms with E-state index in [4.69, 9.17) is 9.47 Å². The van der Waals surface area contributed by atoms with Crippen LogP contribution in [0.2, 0.25) is 0 Å². The molecule has 3 atom stereocenters. The van der Waals surface area contributed by atoms with Crippen LogP contribution in [-0.4, -0.2) is 34.7 Å². The maximum atomic E-state index is 13.1. The van der Waals surface area contributed by atoms with Crippen LogP contribution in [-0.2, 0) is 4.79 Å². The number of anilines is 2. The van der Waals surface area contributed by atoms with E-state index < -0.39 is 18.1 Å². The van der Waals surface area contributed by atoms with Gasteiger partial charge in [0.1, 0.15) is 17.3 Å². The molecule has 0 spiro atoms. The van der Waals surface area contributed by atoms with Gasteiger partial charge in [0.2, 0.25) is 0 Å². The fourth-order valence-corrected chi connectivity index (χ4v) is 4.82. The van der Waals surface area contributed by atoms with Gasteiger partial charge in [-0.25, -0.2) is 4.98 Å². The molecule has 0 saturated heterocycles. The number of nitrogens with zero attached hydrogens (tertiary/aromatic N) is 2. The first-order valence-electron chi connectivity index (χ1n) is 13.6. The van der Waals surface area contributed by atoms with Crippen molar-refractivity contribution in [1.29, 1.82) is 0 Å². The number of aliphatic hydroxyl groups excluding tert-OH is 1. The predicted octanol–water partition coefficient (Wildman–Crippen LogP) is 6.17. The van der Waals surface area contributed by atoms with Crippen molar-refractivity contribution in [2.24, 2.45) is 0 Å². The van der Waals surface area contributed by atoms with E-state index in [1.807, 2.05) is 91.0 Å². The molecule has 8 nitrogen and oxygen atoms in total. The Morgan fingerprint density at radius 3 is 2.26 bits per heavy atom. The summed E-state index contributed by atoms with van der Waals surface area (Å²) in [5.41, 5.74) is 2.76. The first-order valence-corrected chi connectivity index (χ1v) is 13.6. The van der Waals surface area contributed by atoms with E-state index in [9.17, 15) is 9.90 Å². The lowest BCUT2D eigenvalue weighted by molar-refractivity contribution is -0.118. The number of rotatable bonds is 12. The summed E-state index contributed by atoms with van der Waals surface area (Å²) >= 11 is 0. The highest BCUT2D eigenvalue weighted by atomic mass is 16.5. The van der Waals surface area contributed by atoms with E-state index in [1.54, 1.807) is 43.8 Å². The first kappa shape index (κ1) is 28.3. The molecule has 3 aromatic carbocycles. The number of aromatic nitrogens is 2. The van der Waals surface area contributed by atoms with Gasteiger partial charge in [-0.15, -0.1) is 0 Å². The number of aliphatic hydroxyl groups is 1. The van der Waals surface area contributed by atoms with E-state index in [2.05, 4.69) is 20.6 Å². The number of hydrogen-bond donors (Lipinski definition) is 3. The highest BCUT2D eigenvalue weighted by molar-refractivity contribution is 5.92. The van der Waals surface area contributed by atoms with Gasteiger partial charge in [-0.3, -0.25) is 9.78 Å². The zero-order chi connectivity index (χ0) is 29.1. The Morgan fingerprint density at radius 2 is 1.52 bits per heavy atom. The van der Waals surface area contributed by atoms with Gasteiger partial charge in [0.15, 0.2) is 6.61 Å². The number of pyridine rings is 2. The Labute approximate surface area is 245 Å². The molecular weight excluding hydrogens is 528 g/mol. The molecule has 0 bridgehead atoms. The van der Waals surface area contributed by atoms with Gasteiger partial charge >= 0.3 is 0 Å². The Balaban J connectivity index is 1.50. The Hall–Kier alpha value is -5.21. The maximum Gasteiger partial charge on any atom is 0.262 e. The van der Waals surface area contributed by atoms with Crippen LogP contribution in [0.25, 0.3) is 0 Å². The topological polar surface area (TPSA) is 106 Å². The highest BCUT2D eigenvalue weighted by Gasteiger charge is 2.35. The average Bonchev–Trinajstić information content (AvgIpc) is 3.05.